The zero-order valence-corrected chi connectivity index (χ0v) is 18.0. The second-order valence-corrected chi connectivity index (χ2v) is 8.19. The van der Waals surface area contributed by atoms with Gasteiger partial charge in [-0.05, 0) is 78.8 Å². The summed E-state index contributed by atoms with van der Waals surface area (Å²) in [7, 11) is 0. The zero-order chi connectivity index (χ0) is 22.4. The number of ether oxygens (including phenoxy) is 1. The summed E-state index contributed by atoms with van der Waals surface area (Å²) in [5.74, 6) is -0.338. The van der Waals surface area contributed by atoms with Crippen LogP contribution in [0.15, 0.2) is 54.6 Å². The average molecular weight is 431 g/mol. The number of carbonyl (C=O) groups excluding carboxylic acids is 1. The SMILES string of the molecule is CCOc1ccc(C2CC=C(c3ccc(C(C)CCC(=O)C(F)(F)F)cc3)CC2)cc1. The van der Waals surface area contributed by atoms with Crippen LogP contribution in [0.2, 0.25) is 0 Å². The Labute approximate surface area is 182 Å². The molecule has 0 saturated heterocycles. The topological polar surface area (TPSA) is 26.3 Å². The Morgan fingerprint density at radius 2 is 1.77 bits per heavy atom. The van der Waals surface area contributed by atoms with Crippen LogP contribution < -0.4 is 4.74 Å². The Bertz CT molecular complexity index is 896. The molecule has 0 bridgehead atoms. The van der Waals surface area contributed by atoms with E-state index in [1.807, 2.05) is 50.2 Å². The molecule has 31 heavy (non-hydrogen) atoms. The molecule has 0 N–H and O–H groups in total. The molecule has 1 aliphatic carbocycles. The van der Waals surface area contributed by atoms with Gasteiger partial charge in [-0.3, -0.25) is 4.79 Å². The van der Waals surface area contributed by atoms with Crippen LogP contribution in [0.5, 0.6) is 5.75 Å². The lowest BCUT2D eigenvalue weighted by molar-refractivity contribution is -0.171. The molecule has 0 heterocycles. The second kappa shape index (κ2) is 10.2. The molecule has 1 aliphatic rings. The van der Waals surface area contributed by atoms with Crippen LogP contribution in [-0.2, 0) is 4.79 Å². The Hall–Kier alpha value is -2.56. The fraction of sp³-hybridized carbons (Fsp3) is 0.423. The maximum atomic E-state index is 12.4. The van der Waals surface area contributed by atoms with E-state index in [1.54, 1.807) is 0 Å². The predicted octanol–water partition coefficient (Wildman–Crippen LogP) is 7.45. The van der Waals surface area contributed by atoms with E-state index in [0.717, 1.165) is 36.1 Å². The first kappa shape index (κ1) is 23.1. The molecule has 2 aromatic rings. The van der Waals surface area contributed by atoms with Crippen molar-refractivity contribution >= 4 is 11.4 Å². The number of alkyl halides is 3. The highest BCUT2D eigenvalue weighted by Gasteiger charge is 2.37. The van der Waals surface area contributed by atoms with Gasteiger partial charge in [0.1, 0.15) is 5.75 Å². The maximum Gasteiger partial charge on any atom is 0.449 e. The first-order valence-electron chi connectivity index (χ1n) is 10.9. The highest BCUT2D eigenvalue weighted by molar-refractivity contribution is 5.84. The van der Waals surface area contributed by atoms with Crippen molar-refractivity contribution in [2.75, 3.05) is 6.61 Å². The number of Topliss-reactive ketones (excluding diaryl/α,β-unsaturated/α-hetero) is 1. The molecular weight excluding hydrogens is 401 g/mol. The van der Waals surface area contributed by atoms with Gasteiger partial charge in [0.2, 0.25) is 5.78 Å². The van der Waals surface area contributed by atoms with Crippen molar-refractivity contribution in [2.24, 2.45) is 0 Å². The number of carbonyl (C=O) groups is 1. The van der Waals surface area contributed by atoms with E-state index in [2.05, 4.69) is 18.2 Å². The highest BCUT2D eigenvalue weighted by atomic mass is 19.4. The minimum atomic E-state index is -4.74. The minimum Gasteiger partial charge on any atom is -0.494 e. The molecule has 0 saturated carbocycles. The van der Waals surface area contributed by atoms with Crippen molar-refractivity contribution in [3.8, 4) is 5.75 Å². The monoisotopic (exact) mass is 430 g/mol. The fourth-order valence-electron chi connectivity index (χ4n) is 4.08. The van der Waals surface area contributed by atoms with Crippen molar-refractivity contribution in [3.63, 3.8) is 0 Å². The summed E-state index contributed by atoms with van der Waals surface area (Å²) < 4.78 is 42.7. The van der Waals surface area contributed by atoms with E-state index in [-0.39, 0.29) is 12.3 Å². The van der Waals surface area contributed by atoms with Gasteiger partial charge in [0.05, 0.1) is 6.61 Å². The molecule has 2 unspecified atom stereocenters. The molecule has 2 nitrogen and oxygen atoms in total. The van der Waals surface area contributed by atoms with Gasteiger partial charge in [0, 0.05) is 6.42 Å². The van der Waals surface area contributed by atoms with Gasteiger partial charge in [-0.1, -0.05) is 49.4 Å². The molecule has 0 radical (unpaired) electrons. The van der Waals surface area contributed by atoms with Crippen LogP contribution in [0.25, 0.3) is 5.57 Å². The molecule has 2 atom stereocenters. The molecule has 0 fully saturated rings. The van der Waals surface area contributed by atoms with Crippen molar-refractivity contribution in [3.05, 3.63) is 71.3 Å². The molecule has 5 heteroatoms. The zero-order valence-electron chi connectivity index (χ0n) is 18.0. The number of hydrogen-bond donors (Lipinski definition) is 0. The van der Waals surface area contributed by atoms with Crippen LogP contribution in [-0.4, -0.2) is 18.6 Å². The van der Waals surface area contributed by atoms with Crippen LogP contribution in [0.4, 0.5) is 13.2 Å². The number of benzene rings is 2. The maximum absolute atomic E-state index is 12.4. The largest absolute Gasteiger partial charge is 0.494 e. The summed E-state index contributed by atoms with van der Waals surface area (Å²) in [6, 6.07) is 16.4. The lowest BCUT2D eigenvalue weighted by Gasteiger charge is -2.23. The van der Waals surface area contributed by atoms with Crippen LogP contribution in [0, 0.1) is 0 Å². The van der Waals surface area contributed by atoms with Gasteiger partial charge in [-0.2, -0.15) is 13.2 Å². The van der Waals surface area contributed by atoms with Gasteiger partial charge in [-0.25, -0.2) is 0 Å². The molecule has 0 aromatic heterocycles. The summed E-state index contributed by atoms with van der Waals surface area (Å²) in [5.41, 5.74) is 4.76. The third-order valence-corrected chi connectivity index (χ3v) is 6.04. The first-order valence-corrected chi connectivity index (χ1v) is 10.9. The van der Waals surface area contributed by atoms with Gasteiger partial charge in [0.25, 0.3) is 0 Å². The molecule has 166 valence electrons. The second-order valence-electron chi connectivity index (χ2n) is 8.19. The van der Waals surface area contributed by atoms with E-state index in [4.69, 9.17) is 4.74 Å². The standard InChI is InChI=1S/C26H29F3O2/c1-3-31-24-15-13-23(14-16-24)22-11-9-21(10-12-22)20-7-5-19(6-8-20)18(2)4-17-25(30)26(27,28)29/h5-9,13-16,18,22H,3-4,10-12,17H2,1-2H3. The van der Waals surface area contributed by atoms with E-state index in [9.17, 15) is 18.0 Å². The number of hydrogen-bond acceptors (Lipinski definition) is 2. The van der Waals surface area contributed by atoms with E-state index in [0.29, 0.717) is 12.5 Å². The smallest absolute Gasteiger partial charge is 0.449 e. The number of allylic oxidation sites excluding steroid dienone is 2. The summed E-state index contributed by atoms with van der Waals surface area (Å²) >= 11 is 0. The molecule has 0 aliphatic heterocycles. The number of rotatable bonds is 8. The van der Waals surface area contributed by atoms with Crippen LogP contribution in [0.1, 0.15) is 74.5 Å². The lowest BCUT2D eigenvalue weighted by Crippen LogP contribution is -2.22. The summed E-state index contributed by atoms with van der Waals surface area (Å²) in [6.45, 7) is 4.50. The average Bonchev–Trinajstić information content (AvgIpc) is 2.77. The van der Waals surface area contributed by atoms with Crippen LogP contribution in [0.3, 0.4) is 0 Å². The molecule has 0 spiro atoms. The van der Waals surface area contributed by atoms with E-state index in [1.165, 1.54) is 11.1 Å². The summed E-state index contributed by atoms with van der Waals surface area (Å²) in [5, 5.41) is 0. The van der Waals surface area contributed by atoms with E-state index < -0.39 is 18.4 Å². The fourth-order valence-corrected chi connectivity index (χ4v) is 4.08. The Morgan fingerprint density at radius 3 is 2.32 bits per heavy atom. The molecular formula is C26H29F3O2. The van der Waals surface area contributed by atoms with Gasteiger partial charge in [-0.15, -0.1) is 0 Å². The minimum absolute atomic E-state index is 0.0928. The van der Waals surface area contributed by atoms with Crippen molar-refractivity contribution in [1.82, 2.24) is 0 Å². The molecule has 0 amide bonds. The van der Waals surface area contributed by atoms with Crippen molar-refractivity contribution in [1.29, 1.82) is 0 Å². The third-order valence-electron chi connectivity index (χ3n) is 6.04. The molecule has 3 rings (SSSR count). The van der Waals surface area contributed by atoms with Crippen molar-refractivity contribution < 1.29 is 22.7 Å². The van der Waals surface area contributed by atoms with Crippen molar-refractivity contribution in [2.45, 2.75) is 64.0 Å². The first-order chi connectivity index (χ1) is 14.8. The normalized spacial score (nSPS) is 17.7. The van der Waals surface area contributed by atoms with Gasteiger partial charge >= 0.3 is 6.18 Å². The number of ketones is 1. The van der Waals surface area contributed by atoms with E-state index >= 15 is 0 Å². The summed E-state index contributed by atoms with van der Waals surface area (Å²) in [6.07, 6.45) is 0.353. The Balaban J connectivity index is 1.57. The third kappa shape index (κ3) is 6.22. The van der Waals surface area contributed by atoms with Gasteiger partial charge < -0.3 is 4.74 Å². The Kier molecular flexibility index (Phi) is 7.58. The van der Waals surface area contributed by atoms with Crippen LogP contribution >= 0.6 is 0 Å². The highest BCUT2D eigenvalue weighted by Crippen LogP contribution is 2.37. The number of halogens is 3. The lowest BCUT2D eigenvalue weighted by atomic mass is 9.82. The quantitative estimate of drug-likeness (QED) is 0.435. The van der Waals surface area contributed by atoms with Gasteiger partial charge in [0.15, 0.2) is 0 Å². The molecule has 2 aromatic carbocycles. The predicted molar refractivity (Wildman–Crippen MR) is 117 cm³/mol. The Morgan fingerprint density at radius 1 is 1.10 bits per heavy atom. The summed E-state index contributed by atoms with van der Waals surface area (Å²) in [4.78, 5) is 11.1.